The van der Waals surface area contributed by atoms with Gasteiger partial charge in [-0.05, 0) is 6.42 Å². The summed E-state index contributed by atoms with van der Waals surface area (Å²) in [5.41, 5.74) is 0. The lowest BCUT2D eigenvalue weighted by Gasteiger charge is -2.38. The average molecular weight is 237 g/mol. The second-order valence-electron chi connectivity index (χ2n) is 4.39. The van der Waals surface area contributed by atoms with Gasteiger partial charge in [-0.1, -0.05) is 0 Å². The molecule has 3 heterocycles. The van der Waals surface area contributed by atoms with Crippen molar-refractivity contribution in [2.45, 2.75) is 18.6 Å². The minimum atomic E-state index is -0.561. The maximum Gasteiger partial charge on any atom is 0.329 e. The van der Waals surface area contributed by atoms with Crippen molar-refractivity contribution in [1.82, 2.24) is 14.5 Å². The molecule has 6 heteroatoms. The van der Waals surface area contributed by atoms with Crippen LogP contribution >= 0.6 is 0 Å². The Bertz CT molecular complexity index is 398. The lowest BCUT2D eigenvalue weighted by atomic mass is 10.1. The van der Waals surface area contributed by atoms with Gasteiger partial charge in [-0.25, -0.2) is 9.78 Å². The summed E-state index contributed by atoms with van der Waals surface area (Å²) >= 11 is 0. The average Bonchev–Trinajstić information content (AvgIpc) is 3.00. The van der Waals surface area contributed by atoms with Crippen molar-refractivity contribution in [3.63, 3.8) is 0 Å². The van der Waals surface area contributed by atoms with E-state index in [4.69, 9.17) is 9.47 Å². The van der Waals surface area contributed by atoms with Crippen molar-refractivity contribution in [3.05, 3.63) is 18.7 Å². The van der Waals surface area contributed by atoms with E-state index in [1.807, 2.05) is 0 Å². The fourth-order valence-corrected chi connectivity index (χ4v) is 2.42. The van der Waals surface area contributed by atoms with Crippen LogP contribution in [0.1, 0.15) is 12.8 Å². The summed E-state index contributed by atoms with van der Waals surface area (Å²) in [6.45, 7) is 2.48. The van der Waals surface area contributed by atoms with Crippen LogP contribution in [-0.4, -0.2) is 52.6 Å². The molecule has 0 aromatic carbocycles. The Morgan fingerprint density at radius 3 is 2.88 bits per heavy atom. The summed E-state index contributed by atoms with van der Waals surface area (Å²) < 4.78 is 12.8. The largest absolute Gasteiger partial charge is 0.346 e. The molecule has 0 aliphatic carbocycles. The SMILES string of the molecule is O=C(N1CCCC2(C1)OCCO2)n1ccnc1. The van der Waals surface area contributed by atoms with Crippen LogP contribution in [0.2, 0.25) is 0 Å². The van der Waals surface area contributed by atoms with E-state index >= 15 is 0 Å². The van der Waals surface area contributed by atoms with Gasteiger partial charge in [0.05, 0.1) is 19.8 Å². The monoisotopic (exact) mass is 237 g/mol. The smallest absolute Gasteiger partial charge is 0.329 e. The van der Waals surface area contributed by atoms with Gasteiger partial charge in [0.15, 0.2) is 5.79 Å². The number of imidazole rings is 1. The third-order valence-corrected chi connectivity index (χ3v) is 3.23. The number of likely N-dealkylation sites (tertiary alicyclic amines) is 1. The number of hydrogen-bond acceptors (Lipinski definition) is 4. The molecule has 2 fully saturated rings. The van der Waals surface area contributed by atoms with Crippen molar-refractivity contribution in [1.29, 1.82) is 0 Å². The fraction of sp³-hybridized carbons (Fsp3) is 0.636. The number of carbonyl (C=O) groups is 1. The molecule has 92 valence electrons. The van der Waals surface area contributed by atoms with Crippen LogP contribution in [0.5, 0.6) is 0 Å². The Balaban J connectivity index is 1.73. The van der Waals surface area contributed by atoms with Crippen LogP contribution in [0.4, 0.5) is 4.79 Å². The molecule has 3 rings (SSSR count). The Morgan fingerprint density at radius 1 is 1.35 bits per heavy atom. The minimum absolute atomic E-state index is 0.0688. The van der Waals surface area contributed by atoms with Gasteiger partial charge in [-0.2, -0.15) is 0 Å². The number of aromatic nitrogens is 2. The van der Waals surface area contributed by atoms with Crippen molar-refractivity contribution in [2.24, 2.45) is 0 Å². The number of carbonyl (C=O) groups excluding carboxylic acids is 1. The molecule has 0 atom stereocenters. The Morgan fingerprint density at radius 2 is 2.18 bits per heavy atom. The molecular formula is C11H15N3O3. The molecule has 2 aliphatic heterocycles. The molecule has 6 nitrogen and oxygen atoms in total. The normalized spacial score (nSPS) is 23.2. The van der Waals surface area contributed by atoms with Crippen molar-refractivity contribution in [2.75, 3.05) is 26.3 Å². The first-order valence-corrected chi connectivity index (χ1v) is 5.84. The molecule has 2 saturated heterocycles. The standard InChI is InChI=1S/C11H15N3O3/c15-10(14-5-3-12-9-14)13-4-1-2-11(8-13)16-6-7-17-11/h3,5,9H,1-2,4,6-8H2. The molecule has 0 N–H and O–H groups in total. The fourth-order valence-electron chi connectivity index (χ4n) is 2.42. The van der Waals surface area contributed by atoms with Crippen LogP contribution in [0.25, 0.3) is 0 Å². The summed E-state index contributed by atoms with van der Waals surface area (Å²) in [6, 6.07) is -0.0688. The lowest BCUT2D eigenvalue weighted by Crippen LogP contribution is -2.51. The zero-order chi connectivity index (χ0) is 11.7. The number of rotatable bonds is 0. The molecule has 0 unspecified atom stereocenters. The summed E-state index contributed by atoms with van der Waals surface area (Å²) in [5.74, 6) is -0.561. The zero-order valence-electron chi connectivity index (χ0n) is 9.54. The van der Waals surface area contributed by atoms with Crippen LogP contribution < -0.4 is 0 Å². The van der Waals surface area contributed by atoms with E-state index in [0.717, 1.165) is 19.4 Å². The predicted molar refractivity (Wildman–Crippen MR) is 58.5 cm³/mol. The van der Waals surface area contributed by atoms with Gasteiger partial charge in [0.2, 0.25) is 0 Å². The van der Waals surface area contributed by atoms with E-state index in [0.29, 0.717) is 19.8 Å². The second-order valence-corrected chi connectivity index (χ2v) is 4.39. The van der Waals surface area contributed by atoms with E-state index in [1.165, 1.54) is 10.9 Å². The van der Waals surface area contributed by atoms with Crippen LogP contribution in [0, 0.1) is 0 Å². The highest BCUT2D eigenvalue weighted by molar-refractivity contribution is 5.76. The van der Waals surface area contributed by atoms with Gasteiger partial charge in [-0.3, -0.25) is 4.57 Å². The van der Waals surface area contributed by atoms with Gasteiger partial charge in [-0.15, -0.1) is 0 Å². The van der Waals surface area contributed by atoms with E-state index in [-0.39, 0.29) is 6.03 Å². The second kappa shape index (κ2) is 4.12. The Labute approximate surface area is 99.1 Å². The maximum atomic E-state index is 12.1. The Hall–Kier alpha value is -1.40. The van der Waals surface area contributed by atoms with Gasteiger partial charge < -0.3 is 14.4 Å². The molecule has 1 spiro atoms. The van der Waals surface area contributed by atoms with Crippen molar-refractivity contribution in [3.8, 4) is 0 Å². The molecule has 1 aromatic rings. The topological polar surface area (TPSA) is 56.6 Å². The van der Waals surface area contributed by atoms with Crippen molar-refractivity contribution >= 4 is 6.03 Å². The van der Waals surface area contributed by atoms with E-state index in [1.54, 1.807) is 17.3 Å². The maximum absolute atomic E-state index is 12.1. The minimum Gasteiger partial charge on any atom is -0.346 e. The summed E-state index contributed by atoms with van der Waals surface area (Å²) in [5, 5.41) is 0. The zero-order valence-corrected chi connectivity index (χ0v) is 9.54. The van der Waals surface area contributed by atoms with E-state index in [2.05, 4.69) is 4.98 Å². The first-order chi connectivity index (χ1) is 8.29. The Kier molecular flexibility index (Phi) is 2.60. The molecule has 1 amide bonds. The van der Waals surface area contributed by atoms with Gasteiger partial charge in [0.1, 0.15) is 6.33 Å². The highest BCUT2D eigenvalue weighted by atomic mass is 16.7. The quantitative estimate of drug-likeness (QED) is 0.666. The first-order valence-electron chi connectivity index (χ1n) is 5.84. The number of ether oxygens (including phenoxy) is 2. The van der Waals surface area contributed by atoms with Gasteiger partial charge >= 0.3 is 6.03 Å². The van der Waals surface area contributed by atoms with E-state index < -0.39 is 5.79 Å². The van der Waals surface area contributed by atoms with Crippen LogP contribution in [0.3, 0.4) is 0 Å². The number of amides is 1. The lowest BCUT2D eigenvalue weighted by molar-refractivity contribution is -0.182. The van der Waals surface area contributed by atoms with Crippen molar-refractivity contribution < 1.29 is 14.3 Å². The number of piperidine rings is 1. The number of nitrogens with zero attached hydrogens (tertiary/aromatic N) is 3. The highest BCUT2D eigenvalue weighted by Crippen LogP contribution is 2.30. The third-order valence-electron chi connectivity index (χ3n) is 3.23. The summed E-state index contributed by atoms with van der Waals surface area (Å²) in [7, 11) is 0. The summed E-state index contributed by atoms with van der Waals surface area (Å²) in [6.07, 6.45) is 6.53. The van der Waals surface area contributed by atoms with Gasteiger partial charge in [0.25, 0.3) is 0 Å². The highest BCUT2D eigenvalue weighted by Gasteiger charge is 2.42. The molecule has 0 bridgehead atoms. The molecule has 2 aliphatic rings. The molecule has 0 radical (unpaired) electrons. The third kappa shape index (κ3) is 1.94. The predicted octanol–water partition coefficient (Wildman–Crippen LogP) is 0.690. The van der Waals surface area contributed by atoms with E-state index in [9.17, 15) is 4.79 Å². The molecule has 1 aromatic heterocycles. The van der Waals surface area contributed by atoms with Crippen LogP contribution in [0.15, 0.2) is 18.7 Å². The molecule has 0 saturated carbocycles. The first kappa shape index (κ1) is 10.7. The summed E-state index contributed by atoms with van der Waals surface area (Å²) in [4.78, 5) is 17.8. The van der Waals surface area contributed by atoms with Gasteiger partial charge in [0, 0.05) is 25.4 Å². The van der Waals surface area contributed by atoms with Crippen LogP contribution in [-0.2, 0) is 9.47 Å². The molecule has 17 heavy (non-hydrogen) atoms. The number of hydrogen-bond donors (Lipinski definition) is 0. The molecular weight excluding hydrogens is 222 g/mol.